The van der Waals surface area contributed by atoms with Crippen molar-refractivity contribution in [1.82, 2.24) is 9.88 Å². The lowest BCUT2D eigenvalue weighted by Gasteiger charge is -2.41. The average molecular weight is 268 g/mol. The molecular weight excluding hydrogens is 248 g/mol. The van der Waals surface area contributed by atoms with Gasteiger partial charge in [0.15, 0.2) is 5.89 Å². The van der Waals surface area contributed by atoms with Crippen LogP contribution in [0.4, 0.5) is 0 Å². The summed E-state index contributed by atoms with van der Waals surface area (Å²) in [5.74, 6) is 0.548. The molecule has 1 N–H and O–H groups in total. The zero-order chi connectivity index (χ0) is 14.2. The molecule has 0 saturated carbocycles. The van der Waals surface area contributed by atoms with Gasteiger partial charge in [-0.2, -0.15) is 0 Å². The maximum Gasteiger partial charge on any atom is 0.291 e. The predicted octanol–water partition coefficient (Wildman–Crippen LogP) is 0.903. The van der Waals surface area contributed by atoms with Crippen LogP contribution in [0.5, 0.6) is 0 Å². The number of amides is 1. The lowest BCUT2D eigenvalue weighted by Crippen LogP contribution is -2.55. The summed E-state index contributed by atoms with van der Waals surface area (Å²) in [4.78, 5) is 18.2. The van der Waals surface area contributed by atoms with E-state index in [0.29, 0.717) is 24.7 Å². The zero-order valence-electron chi connectivity index (χ0n) is 11.8. The number of aliphatic hydroxyl groups is 1. The minimum Gasteiger partial charge on any atom is -0.436 e. The Labute approximate surface area is 112 Å². The van der Waals surface area contributed by atoms with E-state index in [1.807, 2.05) is 13.8 Å². The molecule has 2 heterocycles. The Morgan fingerprint density at radius 1 is 1.53 bits per heavy atom. The maximum absolute atomic E-state index is 12.4. The third kappa shape index (κ3) is 2.96. The van der Waals surface area contributed by atoms with Crippen molar-refractivity contribution in [2.75, 3.05) is 19.7 Å². The van der Waals surface area contributed by atoms with Gasteiger partial charge in [0.05, 0.1) is 24.0 Å². The van der Waals surface area contributed by atoms with Gasteiger partial charge in [-0.3, -0.25) is 4.79 Å². The monoisotopic (exact) mass is 268 g/mol. The van der Waals surface area contributed by atoms with E-state index in [4.69, 9.17) is 9.15 Å². The Bertz CT molecular complexity index is 481. The molecule has 1 aromatic heterocycles. The number of carbonyl (C=O) groups excluding carboxylic acids is 1. The zero-order valence-corrected chi connectivity index (χ0v) is 11.8. The van der Waals surface area contributed by atoms with Gasteiger partial charge < -0.3 is 19.2 Å². The Hall–Kier alpha value is -1.40. The molecule has 6 heteroatoms. The van der Waals surface area contributed by atoms with Crippen LogP contribution in [0.1, 0.15) is 36.0 Å². The minimum atomic E-state index is -0.482. The molecule has 106 valence electrons. The van der Waals surface area contributed by atoms with E-state index in [1.165, 1.54) is 0 Å². The standard InChI is InChI=1S/C13H20N2O4/c1-8-11(18-9(2)14-8)12(17)15-5-10(6-16)19-13(3,4)7-15/h10,16H,5-7H2,1-4H3. The van der Waals surface area contributed by atoms with Gasteiger partial charge in [0, 0.05) is 20.0 Å². The smallest absolute Gasteiger partial charge is 0.291 e. The van der Waals surface area contributed by atoms with E-state index in [-0.39, 0.29) is 24.4 Å². The number of morpholine rings is 1. The highest BCUT2D eigenvalue weighted by molar-refractivity contribution is 5.92. The summed E-state index contributed by atoms with van der Waals surface area (Å²) in [5, 5.41) is 9.25. The fraction of sp³-hybridized carbons (Fsp3) is 0.692. The highest BCUT2D eigenvalue weighted by Gasteiger charge is 2.37. The Balaban J connectivity index is 2.21. The molecule has 1 atom stereocenters. The number of aliphatic hydroxyl groups excluding tert-OH is 1. The van der Waals surface area contributed by atoms with Crippen LogP contribution in [0.15, 0.2) is 4.42 Å². The molecule has 1 aromatic rings. The van der Waals surface area contributed by atoms with Crippen molar-refractivity contribution in [3.05, 3.63) is 17.3 Å². The Kier molecular flexibility index (Phi) is 3.64. The molecule has 19 heavy (non-hydrogen) atoms. The van der Waals surface area contributed by atoms with E-state index < -0.39 is 5.60 Å². The summed E-state index contributed by atoms with van der Waals surface area (Å²) < 4.78 is 11.0. The lowest BCUT2D eigenvalue weighted by atomic mass is 10.0. The number of aryl methyl sites for hydroxylation is 2. The van der Waals surface area contributed by atoms with Crippen molar-refractivity contribution < 1.29 is 19.1 Å². The summed E-state index contributed by atoms with van der Waals surface area (Å²) in [7, 11) is 0. The topological polar surface area (TPSA) is 75.8 Å². The van der Waals surface area contributed by atoms with Gasteiger partial charge >= 0.3 is 0 Å². The molecule has 1 amide bonds. The number of oxazole rings is 1. The van der Waals surface area contributed by atoms with Gasteiger partial charge in [0.1, 0.15) is 0 Å². The number of rotatable bonds is 2. The summed E-state index contributed by atoms with van der Waals surface area (Å²) >= 11 is 0. The molecule has 0 aliphatic carbocycles. The first-order valence-electron chi connectivity index (χ1n) is 6.34. The number of hydrogen-bond donors (Lipinski definition) is 1. The van der Waals surface area contributed by atoms with Crippen LogP contribution >= 0.6 is 0 Å². The van der Waals surface area contributed by atoms with Crippen molar-refractivity contribution in [3.8, 4) is 0 Å². The molecule has 1 aliphatic heterocycles. The number of aromatic nitrogens is 1. The van der Waals surface area contributed by atoms with Crippen LogP contribution in [-0.2, 0) is 4.74 Å². The molecular formula is C13H20N2O4. The van der Waals surface area contributed by atoms with Crippen molar-refractivity contribution >= 4 is 5.91 Å². The van der Waals surface area contributed by atoms with Gasteiger partial charge in [-0.05, 0) is 20.8 Å². The normalized spacial score (nSPS) is 22.6. The quantitative estimate of drug-likeness (QED) is 0.862. The van der Waals surface area contributed by atoms with E-state index in [2.05, 4.69) is 4.98 Å². The number of hydrogen-bond acceptors (Lipinski definition) is 5. The van der Waals surface area contributed by atoms with Gasteiger partial charge in [-0.25, -0.2) is 4.98 Å². The fourth-order valence-electron chi connectivity index (χ4n) is 2.42. The van der Waals surface area contributed by atoms with Crippen molar-refractivity contribution in [2.24, 2.45) is 0 Å². The Morgan fingerprint density at radius 3 is 2.74 bits per heavy atom. The third-order valence-electron chi connectivity index (χ3n) is 3.07. The molecule has 1 unspecified atom stereocenters. The highest BCUT2D eigenvalue weighted by atomic mass is 16.5. The SMILES string of the molecule is Cc1nc(C)c(C(=O)N2CC(CO)OC(C)(C)C2)o1. The molecule has 1 aliphatic rings. The summed E-state index contributed by atoms with van der Waals surface area (Å²) in [6.45, 7) is 7.96. The molecule has 0 aromatic carbocycles. The first kappa shape index (κ1) is 14.0. The number of ether oxygens (including phenoxy) is 1. The van der Waals surface area contributed by atoms with Gasteiger partial charge in [-0.15, -0.1) is 0 Å². The van der Waals surface area contributed by atoms with Crippen molar-refractivity contribution in [3.63, 3.8) is 0 Å². The van der Waals surface area contributed by atoms with E-state index in [9.17, 15) is 9.90 Å². The summed E-state index contributed by atoms with van der Waals surface area (Å²) in [6, 6.07) is 0. The first-order chi connectivity index (χ1) is 8.82. The molecule has 0 bridgehead atoms. The molecule has 6 nitrogen and oxygen atoms in total. The van der Waals surface area contributed by atoms with Crippen LogP contribution in [0.25, 0.3) is 0 Å². The molecule has 1 saturated heterocycles. The highest BCUT2D eigenvalue weighted by Crippen LogP contribution is 2.23. The maximum atomic E-state index is 12.4. The van der Waals surface area contributed by atoms with E-state index in [1.54, 1.807) is 18.7 Å². The van der Waals surface area contributed by atoms with E-state index in [0.717, 1.165) is 0 Å². The van der Waals surface area contributed by atoms with Crippen molar-refractivity contribution in [2.45, 2.75) is 39.4 Å². The van der Waals surface area contributed by atoms with E-state index >= 15 is 0 Å². The summed E-state index contributed by atoms with van der Waals surface area (Å²) in [5.41, 5.74) is 0.108. The van der Waals surface area contributed by atoms with Gasteiger partial charge in [0.2, 0.25) is 5.76 Å². The molecule has 0 radical (unpaired) electrons. The van der Waals surface area contributed by atoms with Crippen LogP contribution in [0.3, 0.4) is 0 Å². The lowest BCUT2D eigenvalue weighted by molar-refractivity contribution is -0.139. The fourth-order valence-corrected chi connectivity index (χ4v) is 2.42. The average Bonchev–Trinajstić information content (AvgIpc) is 2.65. The first-order valence-corrected chi connectivity index (χ1v) is 6.34. The van der Waals surface area contributed by atoms with Crippen LogP contribution < -0.4 is 0 Å². The Morgan fingerprint density at radius 2 is 2.21 bits per heavy atom. The molecule has 0 spiro atoms. The molecule has 1 fully saturated rings. The number of carbonyl (C=O) groups is 1. The van der Waals surface area contributed by atoms with Gasteiger partial charge in [-0.1, -0.05) is 0 Å². The predicted molar refractivity (Wildman–Crippen MR) is 67.9 cm³/mol. The third-order valence-corrected chi connectivity index (χ3v) is 3.07. The van der Waals surface area contributed by atoms with Crippen LogP contribution in [-0.4, -0.2) is 52.3 Å². The van der Waals surface area contributed by atoms with Crippen molar-refractivity contribution in [1.29, 1.82) is 0 Å². The van der Waals surface area contributed by atoms with Crippen LogP contribution in [0.2, 0.25) is 0 Å². The van der Waals surface area contributed by atoms with Crippen LogP contribution in [0, 0.1) is 13.8 Å². The summed E-state index contributed by atoms with van der Waals surface area (Å²) in [6.07, 6.45) is -0.364. The molecule has 2 rings (SSSR count). The second kappa shape index (κ2) is 4.94. The second-order valence-electron chi connectivity index (χ2n) is 5.52. The van der Waals surface area contributed by atoms with Gasteiger partial charge in [0.25, 0.3) is 5.91 Å². The largest absolute Gasteiger partial charge is 0.436 e. The second-order valence-corrected chi connectivity index (χ2v) is 5.52. The minimum absolute atomic E-state index is 0.109. The number of nitrogens with zero attached hydrogens (tertiary/aromatic N) is 2.